The number of ether oxygens (including phenoxy) is 1. The molecule has 1 aromatic carbocycles. The Morgan fingerprint density at radius 1 is 1.36 bits per heavy atom. The summed E-state index contributed by atoms with van der Waals surface area (Å²) in [6.07, 6.45) is 0.903. The molecule has 5 heteroatoms. The van der Waals surface area contributed by atoms with Gasteiger partial charge in [0.1, 0.15) is 5.75 Å². The lowest BCUT2D eigenvalue weighted by Crippen LogP contribution is -2.35. The standard InChI is InChI=1S/C17H23NO4/c1-17(2,16(20)21)10-15(19)18-9-8-12(11-18)13-6-4-5-7-14(13)22-3/h4-7,12H,8-11H2,1-3H3,(H,20,21). The van der Waals surface area contributed by atoms with Gasteiger partial charge in [-0.15, -0.1) is 0 Å². The maximum atomic E-state index is 12.3. The topological polar surface area (TPSA) is 66.8 Å². The molecule has 1 amide bonds. The van der Waals surface area contributed by atoms with Gasteiger partial charge in [-0.05, 0) is 31.9 Å². The third-order valence-electron chi connectivity index (χ3n) is 4.29. The number of likely N-dealkylation sites (tertiary alicyclic amines) is 1. The zero-order valence-electron chi connectivity index (χ0n) is 13.3. The Bertz CT molecular complexity index is 568. The van der Waals surface area contributed by atoms with E-state index >= 15 is 0 Å². The van der Waals surface area contributed by atoms with Crippen molar-refractivity contribution in [1.82, 2.24) is 4.90 Å². The fourth-order valence-corrected chi connectivity index (χ4v) is 2.81. The van der Waals surface area contributed by atoms with Crippen LogP contribution in [-0.2, 0) is 9.59 Å². The minimum Gasteiger partial charge on any atom is -0.496 e. The van der Waals surface area contributed by atoms with Gasteiger partial charge >= 0.3 is 5.97 Å². The van der Waals surface area contributed by atoms with Crippen molar-refractivity contribution in [3.8, 4) is 5.75 Å². The molecule has 1 aliphatic rings. The number of carboxylic acid groups (broad SMARTS) is 1. The minimum atomic E-state index is -1.03. The van der Waals surface area contributed by atoms with Crippen molar-refractivity contribution < 1.29 is 19.4 Å². The summed E-state index contributed by atoms with van der Waals surface area (Å²) >= 11 is 0. The van der Waals surface area contributed by atoms with Crippen LogP contribution in [0.3, 0.4) is 0 Å². The summed E-state index contributed by atoms with van der Waals surface area (Å²) < 4.78 is 5.38. The highest BCUT2D eigenvalue weighted by Crippen LogP contribution is 2.34. The second-order valence-corrected chi connectivity index (χ2v) is 6.43. The predicted molar refractivity (Wildman–Crippen MR) is 83.0 cm³/mol. The zero-order valence-corrected chi connectivity index (χ0v) is 13.3. The van der Waals surface area contributed by atoms with E-state index in [-0.39, 0.29) is 18.2 Å². The van der Waals surface area contributed by atoms with Crippen LogP contribution < -0.4 is 4.74 Å². The van der Waals surface area contributed by atoms with Gasteiger partial charge in [0, 0.05) is 25.4 Å². The fourth-order valence-electron chi connectivity index (χ4n) is 2.81. The van der Waals surface area contributed by atoms with Gasteiger partial charge in [-0.2, -0.15) is 0 Å². The number of carbonyl (C=O) groups excluding carboxylic acids is 1. The van der Waals surface area contributed by atoms with Gasteiger partial charge in [0.2, 0.25) is 5.91 Å². The van der Waals surface area contributed by atoms with Gasteiger partial charge in [0.15, 0.2) is 0 Å². The molecule has 1 saturated heterocycles. The van der Waals surface area contributed by atoms with Gasteiger partial charge in [0.05, 0.1) is 12.5 Å². The highest BCUT2D eigenvalue weighted by molar-refractivity contribution is 5.84. The lowest BCUT2D eigenvalue weighted by molar-refractivity contribution is -0.151. The van der Waals surface area contributed by atoms with E-state index in [4.69, 9.17) is 9.84 Å². The Hall–Kier alpha value is -2.04. The van der Waals surface area contributed by atoms with E-state index in [1.54, 1.807) is 25.9 Å². The molecule has 1 atom stereocenters. The monoisotopic (exact) mass is 305 g/mol. The van der Waals surface area contributed by atoms with Crippen LogP contribution in [0.5, 0.6) is 5.75 Å². The molecule has 1 aliphatic heterocycles. The van der Waals surface area contributed by atoms with Crippen LogP contribution in [-0.4, -0.2) is 42.1 Å². The van der Waals surface area contributed by atoms with Crippen LogP contribution in [0.4, 0.5) is 0 Å². The molecule has 0 aliphatic carbocycles. The summed E-state index contributed by atoms with van der Waals surface area (Å²) in [4.78, 5) is 25.2. The molecular formula is C17H23NO4. The highest BCUT2D eigenvalue weighted by atomic mass is 16.5. The number of amides is 1. The van der Waals surface area contributed by atoms with Crippen molar-refractivity contribution in [3.63, 3.8) is 0 Å². The average Bonchev–Trinajstić information content (AvgIpc) is 2.96. The lowest BCUT2D eigenvalue weighted by atomic mass is 9.89. The first-order valence-electron chi connectivity index (χ1n) is 7.49. The Morgan fingerprint density at radius 2 is 2.05 bits per heavy atom. The van der Waals surface area contributed by atoms with E-state index in [2.05, 4.69) is 0 Å². The van der Waals surface area contributed by atoms with Crippen LogP contribution in [0.25, 0.3) is 0 Å². The molecule has 120 valence electrons. The molecule has 1 unspecified atom stereocenters. The Morgan fingerprint density at radius 3 is 2.68 bits per heavy atom. The Labute approximate surface area is 130 Å². The van der Waals surface area contributed by atoms with Gasteiger partial charge in [0.25, 0.3) is 0 Å². The molecular weight excluding hydrogens is 282 g/mol. The largest absolute Gasteiger partial charge is 0.496 e. The van der Waals surface area contributed by atoms with Crippen LogP contribution in [0, 0.1) is 5.41 Å². The molecule has 1 N–H and O–H groups in total. The maximum absolute atomic E-state index is 12.3. The fraction of sp³-hybridized carbons (Fsp3) is 0.529. The molecule has 2 rings (SSSR count). The normalized spacial score (nSPS) is 18.3. The number of hydrogen-bond acceptors (Lipinski definition) is 3. The van der Waals surface area contributed by atoms with Crippen molar-refractivity contribution in [2.45, 2.75) is 32.6 Å². The van der Waals surface area contributed by atoms with E-state index in [0.29, 0.717) is 13.1 Å². The summed E-state index contributed by atoms with van der Waals surface area (Å²) in [6, 6.07) is 7.84. The van der Waals surface area contributed by atoms with Crippen molar-refractivity contribution in [1.29, 1.82) is 0 Å². The molecule has 0 bridgehead atoms. The minimum absolute atomic E-state index is 0.0287. The molecule has 1 heterocycles. The van der Waals surface area contributed by atoms with Crippen LogP contribution in [0.1, 0.15) is 38.2 Å². The summed E-state index contributed by atoms with van der Waals surface area (Å²) in [7, 11) is 1.64. The number of carbonyl (C=O) groups is 2. The third-order valence-corrected chi connectivity index (χ3v) is 4.29. The van der Waals surface area contributed by atoms with Gasteiger partial charge in [-0.1, -0.05) is 18.2 Å². The van der Waals surface area contributed by atoms with E-state index in [0.717, 1.165) is 17.7 Å². The molecule has 0 aromatic heterocycles. The first-order valence-corrected chi connectivity index (χ1v) is 7.49. The molecule has 0 radical (unpaired) electrons. The molecule has 5 nitrogen and oxygen atoms in total. The van der Waals surface area contributed by atoms with E-state index in [1.165, 1.54) is 0 Å². The highest BCUT2D eigenvalue weighted by Gasteiger charge is 2.35. The average molecular weight is 305 g/mol. The van der Waals surface area contributed by atoms with Gasteiger partial charge in [-0.3, -0.25) is 9.59 Å². The number of carboxylic acids is 1. The van der Waals surface area contributed by atoms with Gasteiger partial charge in [-0.25, -0.2) is 0 Å². The molecule has 0 spiro atoms. The first kappa shape index (κ1) is 16.3. The van der Waals surface area contributed by atoms with Gasteiger partial charge < -0.3 is 14.7 Å². The lowest BCUT2D eigenvalue weighted by Gasteiger charge is -2.23. The maximum Gasteiger partial charge on any atom is 0.309 e. The summed E-state index contributed by atoms with van der Waals surface area (Å²) in [5, 5.41) is 9.14. The number of hydrogen-bond donors (Lipinski definition) is 1. The zero-order chi connectivity index (χ0) is 16.3. The number of rotatable bonds is 5. The second kappa shape index (κ2) is 6.38. The van der Waals surface area contributed by atoms with Crippen molar-refractivity contribution >= 4 is 11.9 Å². The van der Waals surface area contributed by atoms with E-state index < -0.39 is 11.4 Å². The number of para-hydroxylation sites is 1. The van der Waals surface area contributed by atoms with Crippen LogP contribution in [0.15, 0.2) is 24.3 Å². The summed E-state index contributed by atoms with van der Waals surface area (Å²) in [6.45, 7) is 4.45. The number of aliphatic carboxylic acids is 1. The van der Waals surface area contributed by atoms with Crippen molar-refractivity contribution in [2.24, 2.45) is 5.41 Å². The molecule has 1 fully saturated rings. The van der Waals surface area contributed by atoms with E-state index in [9.17, 15) is 9.59 Å². The summed E-state index contributed by atoms with van der Waals surface area (Å²) in [5.41, 5.74) is 0.0809. The summed E-state index contributed by atoms with van der Waals surface area (Å²) in [5.74, 6) is 0.0480. The quantitative estimate of drug-likeness (QED) is 0.907. The first-order chi connectivity index (χ1) is 10.3. The number of methoxy groups -OCH3 is 1. The van der Waals surface area contributed by atoms with E-state index in [1.807, 2.05) is 24.3 Å². The molecule has 22 heavy (non-hydrogen) atoms. The molecule has 1 aromatic rings. The molecule has 0 saturated carbocycles. The van der Waals surface area contributed by atoms with Crippen LogP contribution in [0.2, 0.25) is 0 Å². The Kier molecular flexibility index (Phi) is 4.74. The number of nitrogens with zero attached hydrogens (tertiary/aromatic N) is 1. The van der Waals surface area contributed by atoms with Crippen LogP contribution >= 0.6 is 0 Å². The SMILES string of the molecule is COc1ccccc1C1CCN(C(=O)CC(C)(C)C(=O)O)C1. The number of benzene rings is 1. The van der Waals surface area contributed by atoms with Crippen molar-refractivity contribution in [2.75, 3.05) is 20.2 Å². The predicted octanol–water partition coefficient (Wildman–Crippen LogP) is 2.51. The smallest absolute Gasteiger partial charge is 0.309 e. The van der Waals surface area contributed by atoms with Crippen molar-refractivity contribution in [3.05, 3.63) is 29.8 Å². The Balaban J connectivity index is 2.04. The second-order valence-electron chi connectivity index (χ2n) is 6.43. The third kappa shape index (κ3) is 3.40.